The van der Waals surface area contributed by atoms with Crippen LogP contribution < -0.4 is 10.5 Å². The van der Waals surface area contributed by atoms with E-state index in [4.69, 9.17) is 0 Å². The van der Waals surface area contributed by atoms with Crippen molar-refractivity contribution in [3.05, 3.63) is 70.6 Å². The highest BCUT2D eigenvalue weighted by Gasteiger charge is 2.20. The number of anilines is 1. The van der Waals surface area contributed by atoms with Gasteiger partial charge in [0.05, 0.1) is 5.39 Å². The van der Waals surface area contributed by atoms with Crippen molar-refractivity contribution in [2.24, 2.45) is 0 Å². The molecule has 0 spiro atoms. The largest absolute Gasteiger partial charge is 0.505 e. The number of aromatic nitrogens is 1. The van der Waals surface area contributed by atoms with Gasteiger partial charge in [-0.3, -0.25) is 9.59 Å². The Hall–Kier alpha value is -3.08. The number of amides is 1. The Morgan fingerprint density at radius 2 is 1.59 bits per heavy atom. The maximum absolute atomic E-state index is 12.6. The second-order valence-electron chi connectivity index (χ2n) is 4.92. The molecule has 0 aliphatic rings. The van der Waals surface area contributed by atoms with Crippen LogP contribution in [0.25, 0.3) is 10.8 Å². The zero-order valence-corrected chi connectivity index (χ0v) is 11.9. The smallest absolute Gasteiger partial charge is 0.278 e. The number of nitrogens with zero attached hydrogens (tertiary/aromatic N) is 1. The second kappa shape index (κ2) is 5.37. The van der Waals surface area contributed by atoms with Gasteiger partial charge in [0.1, 0.15) is 0 Å². The lowest BCUT2D eigenvalue weighted by Gasteiger charge is -2.18. The van der Waals surface area contributed by atoms with E-state index in [-0.39, 0.29) is 11.4 Å². The zero-order valence-electron chi connectivity index (χ0n) is 11.9. The van der Waals surface area contributed by atoms with Gasteiger partial charge in [-0.15, -0.1) is 0 Å². The van der Waals surface area contributed by atoms with E-state index in [1.54, 1.807) is 43.4 Å². The van der Waals surface area contributed by atoms with Crippen molar-refractivity contribution in [1.29, 1.82) is 0 Å². The SMILES string of the molecule is CN(C(=O)c1[nH]c(=O)c2ccccc2c1O)c1ccccc1. The van der Waals surface area contributed by atoms with Gasteiger partial charge in [0.15, 0.2) is 11.4 Å². The standard InChI is InChI=1S/C17H14N2O3/c1-19(11-7-3-2-4-8-11)17(22)14-15(20)12-9-5-6-10-13(12)16(21)18-14/h2-10,20H,1H3,(H,18,21). The summed E-state index contributed by atoms with van der Waals surface area (Å²) in [6.07, 6.45) is 0. The van der Waals surface area contributed by atoms with Crippen molar-refractivity contribution >= 4 is 22.4 Å². The van der Waals surface area contributed by atoms with Gasteiger partial charge >= 0.3 is 0 Å². The van der Waals surface area contributed by atoms with Gasteiger partial charge in [-0.2, -0.15) is 0 Å². The number of benzene rings is 2. The number of aromatic amines is 1. The molecule has 0 saturated heterocycles. The van der Waals surface area contributed by atoms with Crippen molar-refractivity contribution < 1.29 is 9.90 Å². The summed E-state index contributed by atoms with van der Waals surface area (Å²) in [5.41, 5.74) is 0.147. The molecule has 5 nitrogen and oxygen atoms in total. The molecule has 0 bridgehead atoms. The van der Waals surface area contributed by atoms with Crippen LogP contribution in [0.3, 0.4) is 0 Å². The molecule has 22 heavy (non-hydrogen) atoms. The topological polar surface area (TPSA) is 73.4 Å². The molecule has 0 unspecified atom stereocenters. The first-order valence-corrected chi connectivity index (χ1v) is 6.76. The lowest BCUT2D eigenvalue weighted by atomic mass is 10.1. The summed E-state index contributed by atoms with van der Waals surface area (Å²) in [4.78, 5) is 28.5. The fourth-order valence-corrected chi connectivity index (χ4v) is 2.35. The fourth-order valence-electron chi connectivity index (χ4n) is 2.35. The molecule has 2 aromatic carbocycles. The first kappa shape index (κ1) is 13.9. The summed E-state index contributed by atoms with van der Waals surface area (Å²) in [6, 6.07) is 15.6. The van der Waals surface area contributed by atoms with Gasteiger partial charge in [0, 0.05) is 18.1 Å². The van der Waals surface area contributed by atoms with Crippen LogP contribution in [0.1, 0.15) is 10.5 Å². The van der Waals surface area contributed by atoms with Crippen LogP contribution in [-0.2, 0) is 0 Å². The third-order valence-electron chi connectivity index (χ3n) is 3.56. The predicted molar refractivity (Wildman–Crippen MR) is 85.4 cm³/mol. The molecule has 0 radical (unpaired) electrons. The Bertz CT molecular complexity index is 901. The molecule has 1 heterocycles. The second-order valence-corrected chi connectivity index (χ2v) is 4.92. The number of carbonyl (C=O) groups is 1. The van der Waals surface area contributed by atoms with E-state index in [2.05, 4.69) is 4.98 Å². The first-order valence-electron chi connectivity index (χ1n) is 6.76. The van der Waals surface area contributed by atoms with Gasteiger partial charge in [0.2, 0.25) is 0 Å². The highest BCUT2D eigenvalue weighted by molar-refractivity contribution is 6.09. The number of rotatable bonds is 2. The Labute approximate surface area is 126 Å². The number of pyridine rings is 1. The van der Waals surface area contributed by atoms with Gasteiger partial charge in [-0.1, -0.05) is 36.4 Å². The molecular formula is C17H14N2O3. The number of fused-ring (bicyclic) bond motifs is 1. The number of aromatic hydroxyl groups is 1. The van der Waals surface area contributed by atoms with Crippen molar-refractivity contribution in [1.82, 2.24) is 4.98 Å². The predicted octanol–water partition coefficient (Wildman–Crippen LogP) is 2.51. The third kappa shape index (κ3) is 2.22. The fraction of sp³-hybridized carbons (Fsp3) is 0.0588. The van der Waals surface area contributed by atoms with Crippen LogP contribution in [0.5, 0.6) is 5.75 Å². The van der Waals surface area contributed by atoms with E-state index in [0.717, 1.165) is 0 Å². The van der Waals surface area contributed by atoms with Gasteiger partial charge in [-0.25, -0.2) is 0 Å². The minimum atomic E-state index is -0.480. The summed E-state index contributed by atoms with van der Waals surface area (Å²) in [7, 11) is 1.59. The number of hydrogen-bond acceptors (Lipinski definition) is 3. The molecule has 2 N–H and O–H groups in total. The number of H-pyrrole nitrogens is 1. The van der Waals surface area contributed by atoms with Crippen LogP contribution >= 0.6 is 0 Å². The summed E-state index contributed by atoms with van der Waals surface area (Å²) < 4.78 is 0. The number of para-hydroxylation sites is 1. The molecule has 0 aliphatic carbocycles. The van der Waals surface area contributed by atoms with E-state index < -0.39 is 11.5 Å². The minimum absolute atomic E-state index is 0.116. The third-order valence-corrected chi connectivity index (χ3v) is 3.56. The van der Waals surface area contributed by atoms with E-state index in [1.807, 2.05) is 18.2 Å². The maximum Gasteiger partial charge on any atom is 0.278 e. The highest BCUT2D eigenvalue weighted by Crippen LogP contribution is 2.26. The number of carbonyl (C=O) groups excluding carboxylic acids is 1. The van der Waals surface area contributed by atoms with Crippen LogP contribution in [0.15, 0.2) is 59.4 Å². The van der Waals surface area contributed by atoms with Gasteiger partial charge < -0.3 is 15.0 Å². The summed E-state index contributed by atoms with van der Waals surface area (Å²) in [5, 5.41) is 11.0. The van der Waals surface area contributed by atoms with Crippen molar-refractivity contribution in [3.63, 3.8) is 0 Å². The molecule has 0 saturated carbocycles. The summed E-state index contributed by atoms with van der Waals surface area (Å²) in [6.45, 7) is 0. The van der Waals surface area contributed by atoms with Gasteiger partial charge in [-0.05, 0) is 18.2 Å². The summed E-state index contributed by atoms with van der Waals surface area (Å²) in [5.74, 6) is -0.700. The molecule has 1 amide bonds. The first-order chi connectivity index (χ1) is 10.6. The quantitative estimate of drug-likeness (QED) is 0.762. The lowest BCUT2D eigenvalue weighted by Crippen LogP contribution is -2.29. The zero-order chi connectivity index (χ0) is 15.7. The van der Waals surface area contributed by atoms with Crippen LogP contribution in [0.2, 0.25) is 0 Å². The van der Waals surface area contributed by atoms with E-state index in [1.165, 1.54) is 4.90 Å². The monoisotopic (exact) mass is 294 g/mol. The molecular weight excluding hydrogens is 280 g/mol. The molecule has 0 atom stereocenters. The Morgan fingerprint density at radius 1 is 1.00 bits per heavy atom. The van der Waals surface area contributed by atoms with Crippen LogP contribution in [-0.4, -0.2) is 23.0 Å². The average Bonchev–Trinajstić information content (AvgIpc) is 2.57. The van der Waals surface area contributed by atoms with Crippen LogP contribution in [0.4, 0.5) is 5.69 Å². The number of nitrogens with one attached hydrogen (secondary N) is 1. The molecule has 0 fully saturated rings. The van der Waals surface area contributed by atoms with Crippen molar-refractivity contribution in [2.45, 2.75) is 0 Å². The highest BCUT2D eigenvalue weighted by atomic mass is 16.3. The molecule has 0 aliphatic heterocycles. The Morgan fingerprint density at radius 3 is 2.27 bits per heavy atom. The maximum atomic E-state index is 12.6. The molecule has 5 heteroatoms. The van der Waals surface area contributed by atoms with Crippen LogP contribution in [0, 0.1) is 0 Å². The van der Waals surface area contributed by atoms with Crippen molar-refractivity contribution in [2.75, 3.05) is 11.9 Å². The minimum Gasteiger partial charge on any atom is -0.505 e. The molecule has 3 aromatic rings. The van der Waals surface area contributed by atoms with E-state index in [0.29, 0.717) is 16.5 Å². The van der Waals surface area contributed by atoms with Crippen molar-refractivity contribution in [3.8, 4) is 5.75 Å². The Kier molecular flexibility index (Phi) is 3.39. The van der Waals surface area contributed by atoms with E-state index >= 15 is 0 Å². The van der Waals surface area contributed by atoms with Gasteiger partial charge in [0.25, 0.3) is 11.5 Å². The molecule has 3 rings (SSSR count). The molecule has 1 aromatic heterocycles. The molecule has 110 valence electrons. The average molecular weight is 294 g/mol. The number of hydrogen-bond donors (Lipinski definition) is 2. The summed E-state index contributed by atoms with van der Waals surface area (Å²) >= 11 is 0. The Balaban J connectivity index is 2.12. The normalized spacial score (nSPS) is 10.6. The van der Waals surface area contributed by atoms with E-state index in [9.17, 15) is 14.7 Å². The lowest BCUT2D eigenvalue weighted by molar-refractivity contribution is 0.0985.